The summed E-state index contributed by atoms with van der Waals surface area (Å²) in [7, 11) is 0. The zero-order valence-electron chi connectivity index (χ0n) is 19.3. The van der Waals surface area contributed by atoms with Crippen LogP contribution in [0.5, 0.6) is 11.5 Å². The molecule has 0 aliphatic heterocycles. The van der Waals surface area contributed by atoms with E-state index in [9.17, 15) is 31.1 Å². The fourth-order valence-corrected chi connectivity index (χ4v) is 3.78. The molecule has 0 heterocycles. The summed E-state index contributed by atoms with van der Waals surface area (Å²) in [5.41, 5.74) is -0.186. The van der Waals surface area contributed by atoms with Crippen LogP contribution in [0.15, 0.2) is 66.7 Å². The largest absolute Gasteiger partial charge is 0.457 e. The minimum Gasteiger partial charge on any atom is -0.457 e. The number of alkyl halides is 6. The van der Waals surface area contributed by atoms with Crippen molar-refractivity contribution in [1.82, 2.24) is 0 Å². The maximum absolute atomic E-state index is 13.1. The lowest BCUT2D eigenvalue weighted by Gasteiger charge is -2.19. The summed E-state index contributed by atoms with van der Waals surface area (Å²) >= 11 is 0. The molecular formula is C27H24F6O2. The van der Waals surface area contributed by atoms with Crippen LogP contribution in [0.3, 0.4) is 0 Å². The Morgan fingerprint density at radius 1 is 0.771 bits per heavy atom. The van der Waals surface area contributed by atoms with Gasteiger partial charge in [0.2, 0.25) is 0 Å². The van der Waals surface area contributed by atoms with E-state index in [-0.39, 0.29) is 23.2 Å². The average Bonchev–Trinajstić information content (AvgIpc) is 2.76. The summed E-state index contributed by atoms with van der Waals surface area (Å²) in [6.45, 7) is 5.36. The Balaban J connectivity index is 2.09. The van der Waals surface area contributed by atoms with Crippen LogP contribution >= 0.6 is 0 Å². The molecule has 0 aliphatic carbocycles. The number of ketones is 1. The molecule has 0 saturated carbocycles. The lowest BCUT2D eigenvalue weighted by atomic mass is 9.86. The van der Waals surface area contributed by atoms with Crippen molar-refractivity contribution < 1.29 is 35.9 Å². The van der Waals surface area contributed by atoms with Crippen molar-refractivity contribution >= 4 is 5.78 Å². The number of ether oxygens (including phenoxy) is 1. The third-order valence-corrected chi connectivity index (χ3v) is 5.47. The van der Waals surface area contributed by atoms with Gasteiger partial charge in [0.25, 0.3) is 0 Å². The van der Waals surface area contributed by atoms with Crippen molar-refractivity contribution in [3.63, 3.8) is 0 Å². The predicted octanol–water partition coefficient (Wildman–Crippen LogP) is 8.90. The molecule has 0 aliphatic rings. The Kier molecular flexibility index (Phi) is 7.62. The van der Waals surface area contributed by atoms with Gasteiger partial charge >= 0.3 is 12.4 Å². The molecule has 2 nitrogen and oxygen atoms in total. The zero-order valence-corrected chi connectivity index (χ0v) is 19.3. The SMILES string of the molecule is CC(=O)C(CC(C)C)c1cc(Oc2cccc(C(F)(F)F)c2)cc(-c2ccc(C(F)(F)F)cc2)c1. The van der Waals surface area contributed by atoms with Crippen LogP contribution < -0.4 is 4.74 Å². The highest BCUT2D eigenvalue weighted by atomic mass is 19.4. The first-order valence-corrected chi connectivity index (χ1v) is 10.9. The normalized spacial score (nSPS) is 13.1. The first kappa shape index (κ1) is 26.3. The van der Waals surface area contributed by atoms with Crippen molar-refractivity contribution in [3.8, 4) is 22.6 Å². The van der Waals surface area contributed by atoms with E-state index in [4.69, 9.17) is 4.74 Å². The molecule has 186 valence electrons. The maximum atomic E-state index is 13.1. The lowest BCUT2D eigenvalue weighted by Crippen LogP contribution is -2.12. The van der Waals surface area contributed by atoms with E-state index in [0.717, 1.165) is 24.3 Å². The van der Waals surface area contributed by atoms with Crippen LogP contribution in [-0.2, 0) is 17.1 Å². The second-order valence-electron chi connectivity index (χ2n) is 8.79. The van der Waals surface area contributed by atoms with Gasteiger partial charge in [-0.05, 0) is 78.4 Å². The average molecular weight is 494 g/mol. The molecule has 0 bridgehead atoms. The molecule has 0 radical (unpaired) electrons. The molecule has 3 rings (SSSR count). The number of benzene rings is 3. The third-order valence-electron chi connectivity index (χ3n) is 5.47. The zero-order chi connectivity index (χ0) is 26.0. The van der Waals surface area contributed by atoms with E-state index < -0.39 is 29.4 Å². The number of carbonyl (C=O) groups excluding carboxylic acids is 1. The van der Waals surface area contributed by atoms with E-state index in [1.54, 1.807) is 12.1 Å². The predicted molar refractivity (Wildman–Crippen MR) is 121 cm³/mol. The fraction of sp³-hybridized carbons (Fsp3) is 0.296. The van der Waals surface area contributed by atoms with Crippen molar-refractivity contribution in [1.29, 1.82) is 0 Å². The minimum atomic E-state index is -4.55. The second kappa shape index (κ2) is 10.1. The molecule has 0 spiro atoms. The number of rotatable bonds is 7. The smallest absolute Gasteiger partial charge is 0.416 e. The quantitative estimate of drug-likeness (QED) is 0.307. The monoisotopic (exact) mass is 494 g/mol. The van der Waals surface area contributed by atoms with Gasteiger partial charge in [0.15, 0.2) is 0 Å². The van der Waals surface area contributed by atoms with Gasteiger partial charge in [-0.3, -0.25) is 4.79 Å². The molecule has 0 fully saturated rings. The molecule has 0 amide bonds. The van der Waals surface area contributed by atoms with Crippen LogP contribution in [0.2, 0.25) is 0 Å². The number of hydrogen-bond acceptors (Lipinski definition) is 2. The van der Waals surface area contributed by atoms with Crippen molar-refractivity contribution in [2.24, 2.45) is 5.92 Å². The van der Waals surface area contributed by atoms with Crippen LogP contribution in [0, 0.1) is 5.92 Å². The molecule has 0 saturated heterocycles. The van der Waals surface area contributed by atoms with E-state index in [1.165, 1.54) is 37.3 Å². The summed E-state index contributed by atoms with van der Waals surface area (Å²) in [6.07, 6.45) is -8.52. The molecule has 3 aromatic carbocycles. The molecule has 3 aromatic rings. The Morgan fingerprint density at radius 3 is 1.94 bits per heavy atom. The molecule has 8 heteroatoms. The van der Waals surface area contributed by atoms with Crippen LogP contribution in [0.1, 0.15) is 49.8 Å². The third kappa shape index (κ3) is 6.87. The first-order chi connectivity index (χ1) is 16.2. The van der Waals surface area contributed by atoms with E-state index in [1.807, 2.05) is 13.8 Å². The van der Waals surface area contributed by atoms with Gasteiger partial charge in [-0.1, -0.05) is 38.1 Å². The molecular weight excluding hydrogens is 470 g/mol. The van der Waals surface area contributed by atoms with Crippen molar-refractivity contribution in [2.75, 3.05) is 0 Å². The van der Waals surface area contributed by atoms with Crippen LogP contribution in [0.4, 0.5) is 26.3 Å². The highest BCUT2D eigenvalue weighted by Crippen LogP contribution is 2.37. The number of carbonyl (C=O) groups is 1. The Bertz CT molecular complexity index is 1180. The Morgan fingerprint density at radius 2 is 1.40 bits per heavy atom. The van der Waals surface area contributed by atoms with Crippen molar-refractivity contribution in [2.45, 2.75) is 45.5 Å². The summed E-state index contributed by atoms with van der Waals surface area (Å²) < 4.78 is 84.0. The standard InChI is InChI=1S/C27H24F6O2/c1-16(2)11-25(17(3)34)20-12-19(18-7-9-21(10-8-18)26(28,29)30)13-24(14-20)35-23-6-4-5-22(15-23)27(31,32)33/h4-10,12-16,25H,11H2,1-3H3. The van der Waals surface area contributed by atoms with Gasteiger partial charge in [-0.2, -0.15) is 26.3 Å². The molecule has 0 aromatic heterocycles. The maximum Gasteiger partial charge on any atom is 0.416 e. The highest BCUT2D eigenvalue weighted by molar-refractivity contribution is 5.84. The highest BCUT2D eigenvalue weighted by Gasteiger charge is 2.31. The van der Waals surface area contributed by atoms with E-state index in [0.29, 0.717) is 23.1 Å². The first-order valence-electron chi connectivity index (χ1n) is 10.9. The molecule has 35 heavy (non-hydrogen) atoms. The molecule has 1 atom stereocenters. The Hall–Kier alpha value is -3.29. The van der Waals surface area contributed by atoms with Gasteiger partial charge in [-0.15, -0.1) is 0 Å². The van der Waals surface area contributed by atoms with Crippen molar-refractivity contribution in [3.05, 3.63) is 83.4 Å². The Labute approximate surface area is 199 Å². The molecule has 0 N–H and O–H groups in total. The fourth-order valence-electron chi connectivity index (χ4n) is 3.78. The minimum absolute atomic E-state index is 0.0569. The summed E-state index contributed by atoms with van der Waals surface area (Å²) in [6, 6.07) is 13.7. The second-order valence-corrected chi connectivity index (χ2v) is 8.79. The summed E-state index contributed by atoms with van der Waals surface area (Å²) in [4.78, 5) is 12.4. The van der Waals surface area contributed by atoms with Gasteiger partial charge in [-0.25, -0.2) is 0 Å². The van der Waals surface area contributed by atoms with E-state index in [2.05, 4.69) is 0 Å². The van der Waals surface area contributed by atoms with Crippen LogP contribution in [0.25, 0.3) is 11.1 Å². The number of hydrogen-bond donors (Lipinski definition) is 0. The summed E-state index contributed by atoms with van der Waals surface area (Å²) in [5.74, 6) is -0.321. The topological polar surface area (TPSA) is 26.3 Å². The van der Waals surface area contributed by atoms with Gasteiger partial charge < -0.3 is 4.74 Å². The van der Waals surface area contributed by atoms with Crippen LogP contribution in [-0.4, -0.2) is 5.78 Å². The van der Waals surface area contributed by atoms with Gasteiger partial charge in [0.05, 0.1) is 11.1 Å². The lowest BCUT2D eigenvalue weighted by molar-refractivity contribution is -0.138. The van der Waals surface area contributed by atoms with Gasteiger partial charge in [0.1, 0.15) is 17.3 Å². The molecule has 1 unspecified atom stereocenters. The number of Topliss-reactive ketones (excluding diaryl/α,β-unsaturated/α-hetero) is 1. The van der Waals surface area contributed by atoms with Gasteiger partial charge in [0, 0.05) is 5.92 Å². The van der Waals surface area contributed by atoms with E-state index >= 15 is 0 Å². The summed E-state index contributed by atoms with van der Waals surface area (Å²) in [5, 5.41) is 0. The number of halogens is 6.